The van der Waals surface area contributed by atoms with Gasteiger partial charge >= 0.3 is 5.69 Å². The molecule has 1 atom stereocenters. The highest BCUT2D eigenvalue weighted by Crippen LogP contribution is 2.21. The minimum Gasteiger partial charge on any atom is -0.384 e. The van der Waals surface area contributed by atoms with Crippen molar-refractivity contribution in [2.75, 3.05) is 18.8 Å². The van der Waals surface area contributed by atoms with E-state index in [9.17, 15) is 4.79 Å². The van der Waals surface area contributed by atoms with Gasteiger partial charge in [0.15, 0.2) is 0 Å². The number of nitrogens with zero attached hydrogens (tertiary/aromatic N) is 3. The lowest BCUT2D eigenvalue weighted by Crippen LogP contribution is -2.37. The maximum atomic E-state index is 12.2. The summed E-state index contributed by atoms with van der Waals surface area (Å²) >= 11 is 0. The van der Waals surface area contributed by atoms with Crippen LogP contribution in [0, 0.1) is 0 Å². The molecule has 1 saturated heterocycles. The van der Waals surface area contributed by atoms with Crippen LogP contribution in [0.1, 0.15) is 19.8 Å². The summed E-state index contributed by atoms with van der Waals surface area (Å²) in [5.74, 6) is 0.531. The number of para-hydroxylation sites is 1. The van der Waals surface area contributed by atoms with Crippen LogP contribution in [0.3, 0.4) is 0 Å². The molecule has 0 bridgehead atoms. The lowest BCUT2D eigenvalue weighted by atomic mass is 10.2. The van der Waals surface area contributed by atoms with E-state index in [2.05, 4.69) is 16.8 Å². The second-order valence-electron chi connectivity index (χ2n) is 5.33. The van der Waals surface area contributed by atoms with Crippen LogP contribution in [-0.4, -0.2) is 33.6 Å². The van der Waals surface area contributed by atoms with Crippen LogP contribution in [0.15, 0.2) is 29.1 Å². The van der Waals surface area contributed by atoms with Crippen LogP contribution in [-0.2, 0) is 6.54 Å². The summed E-state index contributed by atoms with van der Waals surface area (Å²) in [6.07, 6.45) is 2.31. The quantitative estimate of drug-likeness (QED) is 0.919. The largest absolute Gasteiger partial charge is 0.384 e. The van der Waals surface area contributed by atoms with Crippen LogP contribution in [0.2, 0.25) is 0 Å². The molecule has 5 heteroatoms. The smallest absolute Gasteiger partial charge is 0.349 e. The number of fused-ring (bicyclic) bond motifs is 1. The zero-order valence-corrected chi connectivity index (χ0v) is 11.7. The predicted molar refractivity (Wildman–Crippen MR) is 80.7 cm³/mol. The summed E-state index contributed by atoms with van der Waals surface area (Å²) in [5, 5.41) is 0.855. The number of benzene rings is 1. The molecule has 2 N–H and O–H groups in total. The van der Waals surface area contributed by atoms with Crippen molar-refractivity contribution in [2.24, 2.45) is 0 Å². The van der Waals surface area contributed by atoms with Crippen molar-refractivity contribution in [3.63, 3.8) is 0 Å². The lowest BCUT2D eigenvalue weighted by molar-refractivity contribution is 0.243. The molecule has 1 aromatic heterocycles. The number of hydrogen-bond acceptors (Lipinski definition) is 4. The number of hydrogen-bond donors (Lipinski definition) is 1. The van der Waals surface area contributed by atoms with Gasteiger partial charge in [-0.1, -0.05) is 19.1 Å². The molecule has 20 heavy (non-hydrogen) atoms. The Morgan fingerprint density at radius 2 is 2.20 bits per heavy atom. The van der Waals surface area contributed by atoms with E-state index in [0.29, 0.717) is 23.9 Å². The minimum atomic E-state index is -0.246. The van der Waals surface area contributed by atoms with Gasteiger partial charge in [-0.25, -0.2) is 4.79 Å². The summed E-state index contributed by atoms with van der Waals surface area (Å²) in [7, 11) is 0. The van der Waals surface area contributed by atoms with E-state index >= 15 is 0 Å². The van der Waals surface area contributed by atoms with E-state index in [4.69, 9.17) is 5.73 Å². The zero-order valence-electron chi connectivity index (χ0n) is 11.7. The molecule has 1 aliphatic heterocycles. The first-order chi connectivity index (χ1) is 9.70. The van der Waals surface area contributed by atoms with E-state index in [1.807, 2.05) is 24.3 Å². The van der Waals surface area contributed by atoms with Gasteiger partial charge in [-0.05, 0) is 38.1 Å². The lowest BCUT2D eigenvalue weighted by Gasteiger charge is -2.24. The Kier molecular flexibility index (Phi) is 3.44. The Morgan fingerprint density at radius 3 is 3.00 bits per heavy atom. The maximum absolute atomic E-state index is 12.2. The van der Waals surface area contributed by atoms with Crippen LogP contribution >= 0.6 is 0 Å². The highest BCUT2D eigenvalue weighted by atomic mass is 16.1. The second-order valence-corrected chi connectivity index (χ2v) is 5.33. The third-order valence-corrected chi connectivity index (χ3v) is 4.22. The number of likely N-dealkylation sites (N-methyl/N-ethyl adjacent to an activating group) is 1. The third-order valence-electron chi connectivity index (χ3n) is 4.22. The highest BCUT2D eigenvalue weighted by Gasteiger charge is 2.24. The first-order valence-electron chi connectivity index (χ1n) is 7.20. The molecular formula is C15H20N4O. The van der Waals surface area contributed by atoms with Crippen molar-refractivity contribution < 1.29 is 0 Å². The molecule has 1 unspecified atom stereocenters. The van der Waals surface area contributed by atoms with E-state index in [1.165, 1.54) is 6.42 Å². The van der Waals surface area contributed by atoms with Crippen molar-refractivity contribution in [3.05, 3.63) is 34.7 Å². The van der Waals surface area contributed by atoms with E-state index in [1.54, 1.807) is 4.57 Å². The Morgan fingerprint density at radius 1 is 1.40 bits per heavy atom. The Balaban J connectivity index is 2.01. The monoisotopic (exact) mass is 272 g/mol. The summed E-state index contributed by atoms with van der Waals surface area (Å²) in [6, 6.07) is 7.92. The molecule has 2 aromatic rings. The molecular weight excluding hydrogens is 252 g/mol. The van der Waals surface area contributed by atoms with E-state index in [0.717, 1.165) is 24.9 Å². The Hall–Kier alpha value is -1.88. The standard InChI is InChI=1S/C15H20N4O/c1-2-18-9-5-6-11(18)10-19-14(16)12-7-3-4-8-13(12)17-15(19)20/h3-4,7-8,11H,2,5-6,9-10,16H2,1H3. The third kappa shape index (κ3) is 2.18. The molecule has 3 rings (SSSR count). The van der Waals surface area contributed by atoms with Crippen LogP contribution in [0.4, 0.5) is 5.82 Å². The van der Waals surface area contributed by atoms with Gasteiger partial charge in [0.25, 0.3) is 0 Å². The van der Waals surface area contributed by atoms with Crippen molar-refractivity contribution in [1.29, 1.82) is 0 Å². The summed E-state index contributed by atoms with van der Waals surface area (Å²) in [5.41, 5.74) is 6.61. The van der Waals surface area contributed by atoms with Gasteiger partial charge in [0, 0.05) is 18.0 Å². The Bertz CT molecular complexity index is 679. The van der Waals surface area contributed by atoms with Gasteiger partial charge in [0.2, 0.25) is 0 Å². The van der Waals surface area contributed by atoms with Crippen LogP contribution < -0.4 is 11.4 Å². The number of likely N-dealkylation sites (tertiary alicyclic amines) is 1. The van der Waals surface area contributed by atoms with Gasteiger partial charge in [-0.15, -0.1) is 0 Å². The van der Waals surface area contributed by atoms with E-state index in [-0.39, 0.29) is 5.69 Å². The summed E-state index contributed by atoms with van der Waals surface area (Å²) in [6.45, 7) is 4.91. The molecule has 0 spiro atoms. The summed E-state index contributed by atoms with van der Waals surface area (Å²) < 4.78 is 1.63. The fourth-order valence-electron chi connectivity index (χ4n) is 3.10. The number of nitrogens with two attached hydrogens (primary N) is 1. The zero-order chi connectivity index (χ0) is 14.1. The van der Waals surface area contributed by atoms with E-state index < -0.39 is 0 Å². The highest BCUT2D eigenvalue weighted by molar-refractivity contribution is 5.87. The van der Waals surface area contributed by atoms with Gasteiger partial charge in [-0.2, -0.15) is 4.98 Å². The molecule has 106 valence electrons. The van der Waals surface area contributed by atoms with Gasteiger partial charge in [-0.3, -0.25) is 9.47 Å². The molecule has 1 aliphatic rings. The summed E-state index contributed by atoms with van der Waals surface area (Å²) in [4.78, 5) is 18.7. The van der Waals surface area contributed by atoms with Gasteiger partial charge in [0.1, 0.15) is 5.82 Å². The predicted octanol–water partition coefficient (Wildman–Crippen LogP) is 1.46. The van der Waals surface area contributed by atoms with Gasteiger partial charge in [0.05, 0.1) is 5.52 Å². The van der Waals surface area contributed by atoms with Crippen LogP contribution in [0.25, 0.3) is 10.9 Å². The van der Waals surface area contributed by atoms with Crippen molar-refractivity contribution in [1.82, 2.24) is 14.5 Å². The van der Waals surface area contributed by atoms with Crippen LogP contribution in [0.5, 0.6) is 0 Å². The molecule has 1 fully saturated rings. The number of rotatable bonds is 3. The molecule has 0 aliphatic carbocycles. The normalized spacial score (nSPS) is 19.8. The maximum Gasteiger partial charge on any atom is 0.349 e. The van der Waals surface area contributed by atoms with Crippen molar-refractivity contribution in [2.45, 2.75) is 32.4 Å². The second kappa shape index (κ2) is 5.25. The topological polar surface area (TPSA) is 64.2 Å². The number of aromatic nitrogens is 2. The minimum absolute atomic E-state index is 0.246. The molecule has 0 saturated carbocycles. The fourth-order valence-corrected chi connectivity index (χ4v) is 3.10. The van der Waals surface area contributed by atoms with Crippen molar-refractivity contribution in [3.8, 4) is 0 Å². The van der Waals surface area contributed by atoms with Crippen molar-refractivity contribution >= 4 is 16.7 Å². The molecule has 2 heterocycles. The number of nitrogen functional groups attached to an aromatic ring is 1. The van der Waals surface area contributed by atoms with Gasteiger partial charge < -0.3 is 5.73 Å². The SMILES string of the molecule is CCN1CCCC1Cn1c(N)c2ccccc2nc1=O. The fraction of sp³-hybridized carbons (Fsp3) is 0.467. The first kappa shape index (κ1) is 13.1. The molecule has 0 amide bonds. The molecule has 1 aromatic carbocycles. The average molecular weight is 272 g/mol. The first-order valence-corrected chi connectivity index (χ1v) is 7.20. The number of anilines is 1. The molecule has 5 nitrogen and oxygen atoms in total. The molecule has 0 radical (unpaired) electrons. The average Bonchev–Trinajstić information content (AvgIpc) is 2.90. The Labute approximate surface area is 118 Å².